The van der Waals surface area contributed by atoms with Crippen LogP contribution in [0.5, 0.6) is 11.9 Å². The average Bonchev–Trinajstić information content (AvgIpc) is 3.60. The highest BCUT2D eigenvalue weighted by Crippen LogP contribution is 2.47. The molecule has 4 saturated heterocycles. The zero-order valence-corrected chi connectivity index (χ0v) is 24.3. The maximum absolute atomic E-state index is 16.6. The molecule has 8 rings (SSSR count). The summed E-state index contributed by atoms with van der Waals surface area (Å²) in [7, 11) is 0. The topological polar surface area (TPSA) is 102 Å². The normalized spacial score (nSPS) is 30.7. The largest absolute Gasteiger partial charge is 0.472 e. The Balaban J connectivity index is 1.32. The predicted octanol–water partition coefficient (Wildman–Crippen LogP) is 4.62. The summed E-state index contributed by atoms with van der Waals surface area (Å²) in [4.78, 5) is 17.4. The number of benzene rings is 1. The number of halogens is 6. The number of aromatic nitrogens is 3. The van der Waals surface area contributed by atoms with Crippen LogP contribution in [0.1, 0.15) is 44.6 Å². The lowest BCUT2D eigenvalue weighted by Gasteiger charge is -2.42. The first-order valence-corrected chi connectivity index (χ1v) is 15.2. The molecule has 0 saturated carbocycles. The van der Waals surface area contributed by atoms with Gasteiger partial charge in [-0.05, 0) is 51.3 Å². The Morgan fingerprint density at radius 2 is 1.98 bits per heavy atom. The lowest BCUT2D eigenvalue weighted by atomic mass is 9.95. The summed E-state index contributed by atoms with van der Waals surface area (Å²) in [6, 6.07) is 1.05. The van der Waals surface area contributed by atoms with Crippen molar-refractivity contribution < 1.29 is 35.8 Å². The molecule has 3 N–H and O–H groups in total. The zero-order chi connectivity index (χ0) is 31.4. The monoisotopic (exact) mass is 635 g/mol. The minimum Gasteiger partial charge on any atom is -0.472 e. The van der Waals surface area contributed by atoms with Crippen LogP contribution in [0.25, 0.3) is 22.2 Å². The number of nitrogen functional groups attached to an aromatic ring is 1. The number of fused-ring (bicyclic) bond motifs is 6. The molecule has 240 valence electrons. The Hall–Kier alpha value is -3.59. The molecule has 4 fully saturated rings. The van der Waals surface area contributed by atoms with Crippen LogP contribution >= 0.6 is 0 Å². The van der Waals surface area contributed by atoms with Gasteiger partial charge in [-0.3, -0.25) is 4.90 Å². The fourth-order valence-corrected chi connectivity index (χ4v) is 8.28. The third kappa shape index (κ3) is 4.48. The highest BCUT2D eigenvalue weighted by molar-refractivity contribution is 5.97. The van der Waals surface area contributed by atoms with Crippen LogP contribution in [0.2, 0.25) is 0 Å². The molecule has 0 amide bonds. The minimum absolute atomic E-state index is 0.0116. The molecule has 0 aliphatic carbocycles. The quantitative estimate of drug-likeness (QED) is 0.314. The Bertz CT molecular complexity index is 1710. The summed E-state index contributed by atoms with van der Waals surface area (Å²) in [5, 5.41) is 3.67. The molecule has 45 heavy (non-hydrogen) atoms. The Morgan fingerprint density at radius 3 is 2.78 bits per heavy atom. The summed E-state index contributed by atoms with van der Waals surface area (Å²) in [6.45, 7) is 3.43. The Morgan fingerprint density at radius 1 is 1.16 bits per heavy atom. The van der Waals surface area contributed by atoms with Crippen LogP contribution in [0, 0.1) is 11.6 Å². The second kappa shape index (κ2) is 9.95. The third-order valence-corrected chi connectivity index (χ3v) is 10.1. The van der Waals surface area contributed by atoms with Crippen molar-refractivity contribution in [3.05, 3.63) is 29.3 Å². The summed E-state index contributed by atoms with van der Waals surface area (Å²) in [6.07, 6.45) is -3.05. The number of rotatable bonds is 4. The lowest BCUT2D eigenvalue weighted by molar-refractivity contribution is -0.139. The maximum Gasteiger partial charge on any atom is 0.419 e. The van der Waals surface area contributed by atoms with E-state index in [-0.39, 0.29) is 59.6 Å². The molecule has 3 aromatic rings. The van der Waals surface area contributed by atoms with E-state index in [1.807, 2.05) is 11.8 Å². The van der Waals surface area contributed by atoms with Gasteiger partial charge in [0.05, 0.1) is 11.6 Å². The van der Waals surface area contributed by atoms with Gasteiger partial charge in [0.25, 0.3) is 0 Å². The van der Waals surface area contributed by atoms with Crippen LogP contribution in [0.4, 0.5) is 37.8 Å². The van der Waals surface area contributed by atoms with E-state index < -0.39 is 52.4 Å². The number of hydrogen-bond donors (Lipinski definition) is 2. The third-order valence-electron chi connectivity index (χ3n) is 10.1. The first-order chi connectivity index (χ1) is 21.4. The van der Waals surface area contributed by atoms with Gasteiger partial charge in [0.2, 0.25) is 5.88 Å². The van der Waals surface area contributed by atoms with Crippen LogP contribution in [0.3, 0.4) is 0 Å². The number of piperazine rings is 1. The molecule has 15 heteroatoms. The van der Waals surface area contributed by atoms with Crippen molar-refractivity contribution >= 4 is 22.4 Å². The van der Waals surface area contributed by atoms with E-state index in [9.17, 15) is 22.0 Å². The molecule has 5 aliphatic heterocycles. The van der Waals surface area contributed by atoms with Gasteiger partial charge in [0.1, 0.15) is 52.7 Å². The van der Waals surface area contributed by atoms with E-state index >= 15 is 4.39 Å². The number of nitrogens with zero attached hydrogens (tertiary/aromatic N) is 5. The van der Waals surface area contributed by atoms with Gasteiger partial charge in [0.15, 0.2) is 5.82 Å². The highest BCUT2D eigenvalue weighted by Gasteiger charge is 2.50. The fourth-order valence-electron chi connectivity index (χ4n) is 8.28. The van der Waals surface area contributed by atoms with Crippen molar-refractivity contribution in [3.8, 4) is 23.1 Å². The molecule has 0 radical (unpaired) electrons. The van der Waals surface area contributed by atoms with Crippen LogP contribution in [-0.2, 0) is 6.18 Å². The number of pyridine rings is 1. The molecule has 9 nitrogen and oxygen atoms in total. The van der Waals surface area contributed by atoms with E-state index in [4.69, 9.17) is 20.2 Å². The van der Waals surface area contributed by atoms with Crippen molar-refractivity contribution in [2.45, 2.75) is 81.1 Å². The molecule has 6 atom stereocenters. The zero-order valence-electron chi connectivity index (χ0n) is 24.3. The second-order valence-corrected chi connectivity index (χ2v) is 12.9. The van der Waals surface area contributed by atoms with E-state index in [1.165, 1.54) is 0 Å². The van der Waals surface area contributed by atoms with Gasteiger partial charge < -0.3 is 25.4 Å². The van der Waals surface area contributed by atoms with Crippen molar-refractivity contribution in [2.75, 3.05) is 36.9 Å². The molecule has 5 aliphatic rings. The van der Waals surface area contributed by atoms with E-state index in [0.717, 1.165) is 38.3 Å². The number of hydrogen-bond acceptors (Lipinski definition) is 9. The second-order valence-electron chi connectivity index (χ2n) is 12.9. The lowest BCUT2D eigenvalue weighted by Crippen LogP contribution is -2.62. The molecule has 2 aromatic heterocycles. The van der Waals surface area contributed by atoms with Gasteiger partial charge in [-0.1, -0.05) is 0 Å². The van der Waals surface area contributed by atoms with E-state index in [0.29, 0.717) is 25.0 Å². The summed E-state index contributed by atoms with van der Waals surface area (Å²) in [5.41, 5.74) is 1.08. The molecular formula is C30H31F6N7O2. The van der Waals surface area contributed by atoms with Crippen LogP contribution in [0.15, 0.2) is 12.1 Å². The Kier molecular flexibility index (Phi) is 6.38. The fraction of sp³-hybridized carbons (Fsp3) is 0.567. The van der Waals surface area contributed by atoms with E-state index in [2.05, 4.69) is 20.2 Å². The number of nitrogens with two attached hydrogens (primary N) is 1. The SMILES string of the molecule is C[C@@H]1Oc2nc(-c3cc(N)cc(F)c3C(F)(F)F)c(F)c3nc(OC[C@@]45CCCN4C[C@H](F)C5)nc(c23)N2C[C@H]3CC[C@H](N3)[C@@H]12. The maximum atomic E-state index is 16.6. The Labute approximate surface area is 254 Å². The van der Waals surface area contributed by atoms with Crippen molar-refractivity contribution in [1.29, 1.82) is 0 Å². The molecule has 0 spiro atoms. The standard InChI is InChI=1S/C30H31F6N7O2/c1-13-25-19-4-3-16(38-19)11-43(25)26-20-24(40-28(41-26)44-12-29-5-2-6-42(29)10-14(31)9-29)22(33)23(39-27(20)45-13)17-7-15(37)8-18(32)21(17)30(34,35)36/h7-8,13-14,16,19,25,38H,2-6,9-12,37H2,1H3/t13-,14+,16+,19-,25+,29-/m0/s1. The highest BCUT2D eigenvalue weighted by atomic mass is 19.4. The van der Waals surface area contributed by atoms with Crippen molar-refractivity contribution in [2.24, 2.45) is 0 Å². The molecular weight excluding hydrogens is 604 g/mol. The molecule has 1 aromatic carbocycles. The minimum atomic E-state index is -5.18. The first kappa shape index (κ1) is 28.9. The number of anilines is 2. The summed E-state index contributed by atoms with van der Waals surface area (Å²) < 4.78 is 101. The van der Waals surface area contributed by atoms with Gasteiger partial charge >= 0.3 is 12.2 Å². The van der Waals surface area contributed by atoms with Crippen molar-refractivity contribution in [1.82, 2.24) is 25.2 Å². The molecule has 0 unspecified atom stereocenters. The van der Waals surface area contributed by atoms with Gasteiger partial charge in [-0.25, -0.2) is 18.2 Å². The van der Waals surface area contributed by atoms with Gasteiger partial charge in [-0.2, -0.15) is 23.1 Å². The van der Waals surface area contributed by atoms with Gasteiger partial charge in [-0.15, -0.1) is 0 Å². The van der Waals surface area contributed by atoms with Crippen molar-refractivity contribution in [3.63, 3.8) is 0 Å². The predicted molar refractivity (Wildman–Crippen MR) is 152 cm³/mol. The number of alkyl halides is 4. The smallest absolute Gasteiger partial charge is 0.419 e. The van der Waals surface area contributed by atoms with E-state index in [1.54, 1.807) is 0 Å². The first-order valence-electron chi connectivity index (χ1n) is 15.2. The number of nitrogens with one attached hydrogen (secondary N) is 1. The van der Waals surface area contributed by atoms with Gasteiger partial charge in [0, 0.05) is 42.8 Å². The van der Waals surface area contributed by atoms with Crippen LogP contribution in [-0.4, -0.2) is 82.0 Å². The average molecular weight is 636 g/mol. The summed E-state index contributed by atoms with van der Waals surface area (Å²) >= 11 is 0. The van der Waals surface area contributed by atoms with Crippen LogP contribution < -0.4 is 25.4 Å². The number of ether oxygens (including phenoxy) is 2. The summed E-state index contributed by atoms with van der Waals surface area (Å²) in [5.74, 6) is -2.76. The molecule has 2 bridgehead atoms. The molecule has 7 heterocycles.